The lowest BCUT2D eigenvalue weighted by molar-refractivity contribution is 0.266. The van der Waals surface area contributed by atoms with Crippen molar-refractivity contribution in [3.05, 3.63) is 29.8 Å². The van der Waals surface area contributed by atoms with Gasteiger partial charge >= 0.3 is 0 Å². The molecule has 1 rings (SSSR count). The van der Waals surface area contributed by atoms with E-state index in [-0.39, 0.29) is 0 Å². The van der Waals surface area contributed by atoms with Crippen molar-refractivity contribution in [1.82, 2.24) is 4.90 Å². The molecule has 0 radical (unpaired) electrons. The van der Waals surface area contributed by atoms with Gasteiger partial charge in [-0.1, -0.05) is 12.1 Å². The van der Waals surface area contributed by atoms with Gasteiger partial charge in [0.2, 0.25) is 0 Å². The maximum Gasteiger partial charge on any atom is 0.0187 e. The predicted octanol–water partition coefficient (Wildman–Crippen LogP) is 2.23. The standard InChI is InChI=1S/C13H22N2S/c1-11(10-14)15(2)9-8-12-4-6-13(16-3)7-5-12/h4-7,11H,8-10,14H2,1-3H3. The molecule has 90 valence electrons. The molecule has 0 spiro atoms. The van der Waals surface area contributed by atoms with Crippen LogP contribution >= 0.6 is 11.8 Å². The third kappa shape index (κ3) is 4.16. The van der Waals surface area contributed by atoms with Crippen LogP contribution in [0.4, 0.5) is 0 Å². The summed E-state index contributed by atoms with van der Waals surface area (Å²) in [6.45, 7) is 3.95. The molecule has 0 bridgehead atoms. The van der Waals surface area contributed by atoms with E-state index >= 15 is 0 Å². The van der Waals surface area contributed by atoms with E-state index in [1.165, 1.54) is 10.5 Å². The molecule has 0 aliphatic carbocycles. The SMILES string of the molecule is CSc1ccc(CCN(C)C(C)CN)cc1. The highest BCUT2D eigenvalue weighted by molar-refractivity contribution is 7.98. The van der Waals surface area contributed by atoms with E-state index in [2.05, 4.69) is 49.4 Å². The Morgan fingerprint density at radius 1 is 1.31 bits per heavy atom. The van der Waals surface area contributed by atoms with Crippen LogP contribution in [0.2, 0.25) is 0 Å². The van der Waals surface area contributed by atoms with Crippen molar-refractivity contribution in [3.8, 4) is 0 Å². The molecule has 0 aliphatic rings. The third-order valence-electron chi connectivity index (χ3n) is 3.01. The van der Waals surface area contributed by atoms with Gasteiger partial charge in [-0.05, 0) is 44.3 Å². The Morgan fingerprint density at radius 3 is 2.44 bits per heavy atom. The zero-order chi connectivity index (χ0) is 12.0. The summed E-state index contributed by atoms with van der Waals surface area (Å²) in [4.78, 5) is 3.63. The molecular formula is C13H22N2S. The van der Waals surface area contributed by atoms with Gasteiger partial charge in [0.25, 0.3) is 0 Å². The number of thioether (sulfide) groups is 1. The minimum absolute atomic E-state index is 0.463. The number of hydrogen-bond acceptors (Lipinski definition) is 3. The van der Waals surface area contributed by atoms with Crippen LogP contribution in [-0.2, 0) is 6.42 Å². The summed E-state index contributed by atoms with van der Waals surface area (Å²) >= 11 is 1.78. The quantitative estimate of drug-likeness (QED) is 0.771. The van der Waals surface area contributed by atoms with E-state index in [9.17, 15) is 0 Å². The lowest BCUT2D eigenvalue weighted by Gasteiger charge is -2.23. The second-order valence-corrected chi connectivity index (χ2v) is 5.04. The van der Waals surface area contributed by atoms with Gasteiger partial charge in [0.05, 0.1) is 0 Å². The monoisotopic (exact) mass is 238 g/mol. The number of hydrogen-bond donors (Lipinski definition) is 1. The van der Waals surface area contributed by atoms with E-state index in [4.69, 9.17) is 5.73 Å². The first kappa shape index (κ1) is 13.6. The summed E-state index contributed by atoms with van der Waals surface area (Å²) in [5.74, 6) is 0. The van der Waals surface area contributed by atoms with E-state index in [0.717, 1.165) is 19.5 Å². The molecule has 0 fully saturated rings. The Hall–Kier alpha value is -0.510. The van der Waals surface area contributed by atoms with E-state index in [1.54, 1.807) is 11.8 Å². The molecule has 0 saturated carbocycles. The highest BCUT2D eigenvalue weighted by Crippen LogP contribution is 2.15. The minimum atomic E-state index is 0.463. The largest absolute Gasteiger partial charge is 0.329 e. The fourth-order valence-corrected chi connectivity index (χ4v) is 1.91. The molecule has 1 aromatic carbocycles. The summed E-state index contributed by atoms with van der Waals surface area (Å²) in [5, 5.41) is 0. The Kier molecular flexibility index (Phi) is 5.88. The molecule has 0 saturated heterocycles. The molecule has 2 N–H and O–H groups in total. The summed E-state index contributed by atoms with van der Waals surface area (Å²) < 4.78 is 0. The van der Waals surface area contributed by atoms with Crippen LogP contribution in [0, 0.1) is 0 Å². The number of nitrogens with two attached hydrogens (primary N) is 1. The van der Waals surface area contributed by atoms with E-state index in [1.807, 2.05) is 0 Å². The van der Waals surface area contributed by atoms with Crippen LogP contribution in [0.3, 0.4) is 0 Å². The Bertz CT molecular complexity index is 297. The zero-order valence-corrected chi connectivity index (χ0v) is 11.3. The molecule has 16 heavy (non-hydrogen) atoms. The topological polar surface area (TPSA) is 29.3 Å². The Morgan fingerprint density at radius 2 is 1.94 bits per heavy atom. The first-order chi connectivity index (χ1) is 7.67. The van der Waals surface area contributed by atoms with E-state index in [0.29, 0.717) is 6.04 Å². The van der Waals surface area contributed by atoms with Crippen molar-refractivity contribution in [1.29, 1.82) is 0 Å². The average molecular weight is 238 g/mol. The maximum atomic E-state index is 5.64. The zero-order valence-electron chi connectivity index (χ0n) is 10.4. The number of nitrogens with zero attached hydrogens (tertiary/aromatic N) is 1. The third-order valence-corrected chi connectivity index (χ3v) is 3.75. The van der Waals surface area contributed by atoms with Gasteiger partial charge in [-0.2, -0.15) is 0 Å². The highest BCUT2D eigenvalue weighted by atomic mass is 32.2. The van der Waals surface area contributed by atoms with Crippen molar-refractivity contribution in [3.63, 3.8) is 0 Å². The Labute approximate surface area is 103 Å². The molecule has 3 heteroatoms. The molecular weight excluding hydrogens is 216 g/mol. The number of benzene rings is 1. The van der Waals surface area contributed by atoms with Crippen LogP contribution in [0.15, 0.2) is 29.2 Å². The summed E-state index contributed by atoms with van der Waals surface area (Å²) in [6.07, 6.45) is 3.20. The van der Waals surface area contributed by atoms with Crippen LogP contribution in [-0.4, -0.2) is 37.3 Å². The van der Waals surface area contributed by atoms with Gasteiger partial charge < -0.3 is 10.6 Å². The first-order valence-corrected chi connectivity index (χ1v) is 6.93. The second kappa shape index (κ2) is 6.94. The normalized spacial score (nSPS) is 13.1. The van der Waals surface area contributed by atoms with Crippen molar-refractivity contribution >= 4 is 11.8 Å². The van der Waals surface area contributed by atoms with Crippen molar-refractivity contribution < 1.29 is 0 Å². The van der Waals surface area contributed by atoms with Crippen LogP contribution in [0.1, 0.15) is 12.5 Å². The molecule has 1 aromatic rings. The average Bonchev–Trinajstić information content (AvgIpc) is 2.35. The maximum absolute atomic E-state index is 5.64. The van der Waals surface area contributed by atoms with Crippen molar-refractivity contribution in [2.45, 2.75) is 24.3 Å². The van der Waals surface area contributed by atoms with E-state index < -0.39 is 0 Å². The lowest BCUT2D eigenvalue weighted by Crippen LogP contribution is -2.36. The fourth-order valence-electron chi connectivity index (χ4n) is 1.50. The number of rotatable bonds is 6. The molecule has 1 unspecified atom stereocenters. The summed E-state index contributed by atoms with van der Waals surface area (Å²) in [5.41, 5.74) is 7.03. The van der Waals surface area contributed by atoms with Crippen molar-refractivity contribution in [2.75, 3.05) is 26.4 Å². The van der Waals surface area contributed by atoms with Gasteiger partial charge in [-0.15, -0.1) is 11.8 Å². The van der Waals surface area contributed by atoms with Crippen molar-refractivity contribution in [2.24, 2.45) is 5.73 Å². The van der Waals surface area contributed by atoms with Gasteiger partial charge in [0.15, 0.2) is 0 Å². The molecule has 0 amide bonds. The first-order valence-electron chi connectivity index (χ1n) is 5.70. The van der Waals surface area contributed by atoms with Crippen LogP contribution < -0.4 is 5.73 Å². The van der Waals surface area contributed by atoms with Gasteiger partial charge in [0.1, 0.15) is 0 Å². The molecule has 1 atom stereocenters. The minimum Gasteiger partial charge on any atom is -0.329 e. The predicted molar refractivity (Wildman–Crippen MR) is 73.1 cm³/mol. The summed E-state index contributed by atoms with van der Waals surface area (Å²) in [6, 6.07) is 9.27. The molecule has 0 heterocycles. The van der Waals surface area contributed by atoms with Crippen LogP contribution in [0.25, 0.3) is 0 Å². The highest BCUT2D eigenvalue weighted by Gasteiger charge is 2.06. The molecule has 2 nitrogen and oxygen atoms in total. The molecule has 0 aromatic heterocycles. The molecule has 0 aliphatic heterocycles. The van der Waals surface area contributed by atoms with Gasteiger partial charge in [-0.25, -0.2) is 0 Å². The smallest absolute Gasteiger partial charge is 0.0187 e. The Balaban J connectivity index is 2.42. The van der Waals surface area contributed by atoms with Gasteiger partial charge in [-0.3, -0.25) is 0 Å². The van der Waals surface area contributed by atoms with Gasteiger partial charge in [0, 0.05) is 24.0 Å². The number of likely N-dealkylation sites (N-methyl/N-ethyl adjacent to an activating group) is 1. The summed E-state index contributed by atoms with van der Waals surface area (Å²) in [7, 11) is 2.13. The second-order valence-electron chi connectivity index (χ2n) is 4.16. The fraction of sp³-hybridized carbons (Fsp3) is 0.538. The lowest BCUT2D eigenvalue weighted by atomic mass is 10.1. The van der Waals surface area contributed by atoms with Crippen LogP contribution in [0.5, 0.6) is 0 Å².